The number of hydrogen-bond donors (Lipinski definition) is 1. The van der Waals surface area contributed by atoms with Crippen molar-refractivity contribution in [3.8, 4) is 0 Å². The molecule has 18 heavy (non-hydrogen) atoms. The number of pyridine rings is 1. The minimum atomic E-state index is -0.0241. The fourth-order valence-corrected chi connectivity index (χ4v) is 2.55. The van der Waals surface area contributed by atoms with Crippen molar-refractivity contribution < 1.29 is 4.74 Å². The number of likely N-dealkylation sites (N-methyl/N-ethyl adjacent to an activating group) is 1. The van der Waals surface area contributed by atoms with E-state index >= 15 is 0 Å². The Morgan fingerprint density at radius 3 is 2.94 bits per heavy atom. The van der Waals surface area contributed by atoms with E-state index in [0.29, 0.717) is 6.54 Å². The van der Waals surface area contributed by atoms with Gasteiger partial charge in [-0.3, -0.25) is 9.88 Å². The SMILES string of the molecule is Cc1cccc(CN(C)C2(CN)CCCOC2)n1. The molecule has 2 rings (SSSR count). The van der Waals surface area contributed by atoms with Crippen LogP contribution in [0.25, 0.3) is 0 Å². The van der Waals surface area contributed by atoms with Crippen LogP contribution in [0.15, 0.2) is 18.2 Å². The lowest BCUT2D eigenvalue weighted by Crippen LogP contribution is -2.56. The largest absolute Gasteiger partial charge is 0.379 e. The number of nitrogens with zero attached hydrogens (tertiary/aromatic N) is 2. The van der Waals surface area contributed by atoms with Crippen molar-refractivity contribution in [1.82, 2.24) is 9.88 Å². The summed E-state index contributed by atoms with van der Waals surface area (Å²) >= 11 is 0. The van der Waals surface area contributed by atoms with E-state index in [1.54, 1.807) is 0 Å². The van der Waals surface area contributed by atoms with Crippen LogP contribution in [0.1, 0.15) is 24.2 Å². The molecular weight excluding hydrogens is 226 g/mol. The van der Waals surface area contributed by atoms with Gasteiger partial charge in [0.15, 0.2) is 0 Å². The molecule has 2 N–H and O–H groups in total. The Hall–Kier alpha value is -0.970. The Labute approximate surface area is 109 Å². The first-order valence-electron chi connectivity index (χ1n) is 6.58. The van der Waals surface area contributed by atoms with Crippen LogP contribution in [0.5, 0.6) is 0 Å². The van der Waals surface area contributed by atoms with Gasteiger partial charge in [0.2, 0.25) is 0 Å². The number of hydrogen-bond acceptors (Lipinski definition) is 4. The van der Waals surface area contributed by atoms with Crippen LogP contribution >= 0.6 is 0 Å². The molecule has 0 aromatic carbocycles. The Morgan fingerprint density at radius 1 is 1.50 bits per heavy atom. The van der Waals surface area contributed by atoms with E-state index in [0.717, 1.165) is 44.0 Å². The molecule has 0 aliphatic carbocycles. The highest BCUT2D eigenvalue weighted by Crippen LogP contribution is 2.25. The molecule has 1 unspecified atom stereocenters. The lowest BCUT2D eigenvalue weighted by atomic mass is 9.90. The van der Waals surface area contributed by atoms with Gasteiger partial charge in [-0.15, -0.1) is 0 Å². The molecule has 1 aliphatic heterocycles. The standard InChI is InChI=1S/C14H23N3O/c1-12-5-3-6-13(16-12)9-17(2)14(10-15)7-4-8-18-11-14/h3,5-6H,4,7-11,15H2,1-2H3. The summed E-state index contributed by atoms with van der Waals surface area (Å²) in [4.78, 5) is 6.85. The summed E-state index contributed by atoms with van der Waals surface area (Å²) in [5.41, 5.74) is 8.11. The predicted octanol–water partition coefficient (Wildman–Crippen LogP) is 1.33. The second-order valence-electron chi connectivity index (χ2n) is 5.21. The molecule has 1 aromatic heterocycles. The zero-order valence-corrected chi connectivity index (χ0v) is 11.4. The molecular formula is C14H23N3O. The fourth-order valence-electron chi connectivity index (χ4n) is 2.55. The van der Waals surface area contributed by atoms with Crippen LogP contribution in [0.3, 0.4) is 0 Å². The zero-order chi connectivity index (χ0) is 13.0. The summed E-state index contributed by atoms with van der Waals surface area (Å²) < 4.78 is 5.62. The predicted molar refractivity (Wildman–Crippen MR) is 72.3 cm³/mol. The molecule has 0 radical (unpaired) electrons. The Kier molecular flexibility index (Phi) is 4.32. The van der Waals surface area contributed by atoms with Crippen molar-refractivity contribution in [3.05, 3.63) is 29.6 Å². The molecule has 1 fully saturated rings. The van der Waals surface area contributed by atoms with Gasteiger partial charge in [-0.05, 0) is 38.9 Å². The van der Waals surface area contributed by atoms with Crippen LogP contribution in [0, 0.1) is 6.92 Å². The third kappa shape index (κ3) is 2.88. The smallest absolute Gasteiger partial charge is 0.0662 e. The monoisotopic (exact) mass is 249 g/mol. The Balaban J connectivity index is 2.07. The van der Waals surface area contributed by atoms with Gasteiger partial charge in [0.25, 0.3) is 0 Å². The molecule has 0 spiro atoms. The molecule has 2 heterocycles. The summed E-state index contributed by atoms with van der Waals surface area (Å²) in [6.45, 7) is 5.06. The summed E-state index contributed by atoms with van der Waals surface area (Å²) in [7, 11) is 2.12. The number of nitrogens with two attached hydrogens (primary N) is 1. The molecule has 100 valence electrons. The van der Waals surface area contributed by atoms with Crippen molar-refractivity contribution in [2.24, 2.45) is 5.73 Å². The first kappa shape index (κ1) is 13.5. The van der Waals surface area contributed by atoms with Gasteiger partial charge in [-0.1, -0.05) is 6.07 Å². The van der Waals surface area contributed by atoms with E-state index in [2.05, 4.69) is 29.1 Å². The summed E-state index contributed by atoms with van der Waals surface area (Å²) in [6.07, 6.45) is 2.19. The normalized spacial score (nSPS) is 24.4. The third-order valence-corrected chi connectivity index (χ3v) is 3.84. The van der Waals surface area contributed by atoms with Crippen molar-refractivity contribution in [1.29, 1.82) is 0 Å². The lowest BCUT2D eigenvalue weighted by Gasteiger charge is -2.43. The minimum absolute atomic E-state index is 0.0241. The van der Waals surface area contributed by atoms with Gasteiger partial charge in [0.05, 0.1) is 17.8 Å². The van der Waals surface area contributed by atoms with E-state index in [-0.39, 0.29) is 5.54 Å². The molecule has 0 saturated carbocycles. The van der Waals surface area contributed by atoms with E-state index in [4.69, 9.17) is 10.5 Å². The van der Waals surface area contributed by atoms with Crippen molar-refractivity contribution in [3.63, 3.8) is 0 Å². The number of rotatable bonds is 4. The first-order chi connectivity index (χ1) is 8.66. The van der Waals surface area contributed by atoms with Crippen molar-refractivity contribution in [2.45, 2.75) is 31.8 Å². The third-order valence-electron chi connectivity index (χ3n) is 3.84. The molecule has 1 aliphatic rings. The van der Waals surface area contributed by atoms with Gasteiger partial charge in [0, 0.05) is 25.4 Å². The van der Waals surface area contributed by atoms with Gasteiger partial charge in [-0.2, -0.15) is 0 Å². The summed E-state index contributed by atoms with van der Waals surface area (Å²) in [6, 6.07) is 6.14. The maximum atomic E-state index is 5.98. The maximum absolute atomic E-state index is 5.98. The minimum Gasteiger partial charge on any atom is -0.379 e. The van der Waals surface area contributed by atoms with E-state index in [1.165, 1.54) is 0 Å². The van der Waals surface area contributed by atoms with Crippen LogP contribution < -0.4 is 5.73 Å². The summed E-state index contributed by atoms with van der Waals surface area (Å²) in [5.74, 6) is 0. The highest BCUT2D eigenvalue weighted by atomic mass is 16.5. The van der Waals surface area contributed by atoms with Gasteiger partial charge in [-0.25, -0.2) is 0 Å². The average Bonchev–Trinajstić information content (AvgIpc) is 2.39. The number of ether oxygens (including phenoxy) is 1. The molecule has 0 amide bonds. The van der Waals surface area contributed by atoms with Crippen LogP contribution in [0.2, 0.25) is 0 Å². The second kappa shape index (κ2) is 5.78. The highest BCUT2D eigenvalue weighted by Gasteiger charge is 2.35. The average molecular weight is 249 g/mol. The first-order valence-corrected chi connectivity index (χ1v) is 6.58. The topological polar surface area (TPSA) is 51.4 Å². The van der Waals surface area contributed by atoms with Gasteiger partial charge in [0.1, 0.15) is 0 Å². The second-order valence-corrected chi connectivity index (χ2v) is 5.21. The molecule has 0 bridgehead atoms. The Bertz CT molecular complexity index is 388. The van der Waals surface area contributed by atoms with E-state index in [9.17, 15) is 0 Å². The lowest BCUT2D eigenvalue weighted by molar-refractivity contribution is -0.0379. The Morgan fingerprint density at radius 2 is 2.33 bits per heavy atom. The van der Waals surface area contributed by atoms with Crippen molar-refractivity contribution in [2.75, 3.05) is 26.8 Å². The highest BCUT2D eigenvalue weighted by molar-refractivity contribution is 5.10. The molecule has 1 atom stereocenters. The van der Waals surface area contributed by atoms with Crippen LogP contribution in [0.4, 0.5) is 0 Å². The van der Waals surface area contributed by atoms with Gasteiger partial charge >= 0.3 is 0 Å². The zero-order valence-electron chi connectivity index (χ0n) is 11.4. The van der Waals surface area contributed by atoms with Crippen molar-refractivity contribution >= 4 is 0 Å². The number of aromatic nitrogens is 1. The van der Waals surface area contributed by atoms with Crippen LogP contribution in [-0.4, -0.2) is 42.2 Å². The molecule has 1 saturated heterocycles. The molecule has 1 aromatic rings. The quantitative estimate of drug-likeness (QED) is 0.874. The number of aryl methyl sites for hydroxylation is 1. The fraction of sp³-hybridized carbons (Fsp3) is 0.643. The van der Waals surface area contributed by atoms with Gasteiger partial charge < -0.3 is 10.5 Å². The van der Waals surface area contributed by atoms with Crippen LogP contribution in [-0.2, 0) is 11.3 Å². The molecule has 4 heteroatoms. The maximum Gasteiger partial charge on any atom is 0.0662 e. The summed E-state index contributed by atoms with van der Waals surface area (Å²) in [5, 5.41) is 0. The van der Waals surface area contributed by atoms with E-state index < -0.39 is 0 Å². The van der Waals surface area contributed by atoms with E-state index in [1.807, 2.05) is 13.0 Å². The molecule has 4 nitrogen and oxygen atoms in total.